The Hall–Kier alpha value is -2.18. The Morgan fingerprint density at radius 2 is 2.08 bits per heavy atom. The molecule has 1 N–H and O–H groups in total. The molecular weight excluding hydrogens is 396 g/mol. The first-order chi connectivity index (χ1) is 12.2. The third kappa shape index (κ3) is 3.32. The fourth-order valence-corrected chi connectivity index (χ4v) is 3.97. The van der Waals surface area contributed by atoms with Gasteiger partial charge in [0.05, 0.1) is 6.04 Å². The van der Waals surface area contributed by atoms with Gasteiger partial charge in [-0.15, -0.1) is 0 Å². The largest absolute Gasteiger partial charge is 0.348 e. The van der Waals surface area contributed by atoms with Crippen molar-refractivity contribution in [2.75, 3.05) is 11.9 Å². The van der Waals surface area contributed by atoms with Gasteiger partial charge < -0.3 is 14.8 Å². The number of halogens is 1. The van der Waals surface area contributed by atoms with Gasteiger partial charge >= 0.3 is 0 Å². The molecule has 0 unspecified atom stereocenters. The molecule has 3 aromatic rings. The highest BCUT2D eigenvalue weighted by Crippen LogP contribution is 2.32. The van der Waals surface area contributed by atoms with Crippen molar-refractivity contribution in [1.29, 1.82) is 0 Å². The van der Waals surface area contributed by atoms with Gasteiger partial charge in [0.2, 0.25) is 0 Å². The third-order valence-electron chi connectivity index (χ3n) is 4.38. The Kier molecular flexibility index (Phi) is 4.55. The molecule has 0 bridgehead atoms. The van der Waals surface area contributed by atoms with Gasteiger partial charge in [0, 0.05) is 47.5 Å². The molecule has 1 atom stereocenters. The summed E-state index contributed by atoms with van der Waals surface area (Å²) in [5.74, 6) is 0. The van der Waals surface area contributed by atoms with Crippen LogP contribution in [0.3, 0.4) is 0 Å². The van der Waals surface area contributed by atoms with E-state index in [4.69, 9.17) is 12.2 Å². The summed E-state index contributed by atoms with van der Waals surface area (Å²) in [6.07, 6.45) is 5.84. The molecule has 0 fully saturated rings. The molecule has 126 valence electrons. The molecule has 4 nitrogen and oxygen atoms in total. The summed E-state index contributed by atoms with van der Waals surface area (Å²) in [7, 11) is 0. The van der Waals surface area contributed by atoms with Crippen molar-refractivity contribution in [2.24, 2.45) is 0 Å². The molecular formula is C19H17BrN4S. The maximum atomic E-state index is 5.75. The molecule has 0 aliphatic carbocycles. The van der Waals surface area contributed by atoms with Crippen LogP contribution in [0.25, 0.3) is 0 Å². The van der Waals surface area contributed by atoms with Gasteiger partial charge in [-0.3, -0.25) is 4.98 Å². The minimum Gasteiger partial charge on any atom is -0.348 e. The average Bonchev–Trinajstić information content (AvgIpc) is 3.10. The van der Waals surface area contributed by atoms with Crippen molar-refractivity contribution in [1.82, 2.24) is 14.5 Å². The van der Waals surface area contributed by atoms with Gasteiger partial charge in [-0.1, -0.05) is 28.1 Å². The molecule has 25 heavy (non-hydrogen) atoms. The summed E-state index contributed by atoms with van der Waals surface area (Å²) in [5.41, 5.74) is 3.35. The van der Waals surface area contributed by atoms with E-state index in [1.54, 1.807) is 6.20 Å². The van der Waals surface area contributed by atoms with E-state index in [1.165, 1.54) is 5.69 Å². The Morgan fingerprint density at radius 1 is 1.16 bits per heavy atom. The van der Waals surface area contributed by atoms with E-state index < -0.39 is 0 Å². The normalized spacial score (nSPS) is 16.4. The second kappa shape index (κ2) is 6.98. The van der Waals surface area contributed by atoms with Crippen LogP contribution in [0.15, 0.2) is 71.6 Å². The Balaban J connectivity index is 1.66. The van der Waals surface area contributed by atoms with Crippen LogP contribution in [-0.4, -0.2) is 26.1 Å². The standard InChI is InChI=1S/C19H17BrN4S/c20-15-5-1-6-16(12-15)22-19(25)24-11-10-23-9-3-7-17(23)18(24)14-4-2-8-21-13-14/h1-9,12-13,18H,10-11H2,(H,22,25)/t18-/m0/s1. The quantitative estimate of drug-likeness (QED) is 0.630. The zero-order valence-corrected chi connectivity index (χ0v) is 15.9. The number of anilines is 1. The van der Waals surface area contributed by atoms with Crippen LogP contribution >= 0.6 is 28.1 Å². The molecule has 0 radical (unpaired) electrons. The Labute approximate surface area is 160 Å². The maximum absolute atomic E-state index is 5.75. The van der Waals surface area contributed by atoms with E-state index in [2.05, 4.69) is 60.1 Å². The zero-order chi connectivity index (χ0) is 17.2. The minimum atomic E-state index is 0.0598. The summed E-state index contributed by atoms with van der Waals surface area (Å²) < 4.78 is 3.31. The van der Waals surface area contributed by atoms with Crippen molar-refractivity contribution < 1.29 is 0 Å². The number of benzene rings is 1. The Bertz CT molecular complexity index is 893. The van der Waals surface area contributed by atoms with Crippen molar-refractivity contribution in [3.05, 3.63) is 82.9 Å². The second-order valence-electron chi connectivity index (χ2n) is 5.95. The molecule has 1 aliphatic heterocycles. The molecule has 2 aromatic heterocycles. The first-order valence-electron chi connectivity index (χ1n) is 8.10. The lowest BCUT2D eigenvalue weighted by Gasteiger charge is -2.38. The van der Waals surface area contributed by atoms with E-state index in [9.17, 15) is 0 Å². The molecule has 4 rings (SSSR count). The fraction of sp³-hybridized carbons (Fsp3) is 0.158. The van der Waals surface area contributed by atoms with E-state index in [0.717, 1.165) is 33.9 Å². The van der Waals surface area contributed by atoms with Crippen LogP contribution in [-0.2, 0) is 6.54 Å². The lowest BCUT2D eigenvalue weighted by Crippen LogP contribution is -2.44. The van der Waals surface area contributed by atoms with E-state index >= 15 is 0 Å². The lowest BCUT2D eigenvalue weighted by atomic mass is 10.0. The molecule has 1 aromatic carbocycles. The lowest BCUT2D eigenvalue weighted by molar-refractivity contribution is 0.293. The maximum Gasteiger partial charge on any atom is 0.174 e. The second-order valence-corrected chi connectivity index (χ2v) is 7.25. The zero-order valence-electron chi connectivity index (χ0n) is 13.5. The van der Waals surface area contributed by atoms with Crippen molar-refractivity contribution >= 4 is 38.9 Å². The van der Waals surface area contributed by atoms with Crippen molar-refractivity contribution in [2.45, 2.75) is 12.6 Å². The molecule has 0 saturated carbocycles. The van der Waals surface area contributed by atoms with E-state index in [0.29, 0.717) is 0 Å². The number of nitrogens with zero attached hydrogens (tertiary/aromatic N) is 3. The van der Waals surface area contributed by atoms with E-state index in [-0.39, 0.29) is 6.04 Å². The highest BCUT2D eigenvalue weighted by Gasteiger charge is 2.30. The summed E-state index contributed by atoms with van der Waals surface area (Å²) in [6.45, 7) is 1.76. The van der Waals surface area contributed by atoms with Gasteiger partial charge in [-0.25, -0.2) is 0 Å². The number of fused-ring (bicyclic) bond motifs is 1. The average molecular weight is 413 g/mol. The number of pyridine rings is 1. The number of hydrogen-bond acceptors (Lipinski definition) is 2. The van der Waals surface area contributed by atoms with Crippen LogP contribution in [0.5, 0.6) is 0 Å². The topological polar surface area (TPSA) is 33.1 Å². The van der Waals surface area contributed by atoms with Gasteiger partial charge in [0.25, 0.3) is 0 Å². The molecule has 0 saturated heterocycles. The fourth-order valence-electron chi connectivity index (χ4n) is 3.25. The number of rotatable bonds is 2. The van der Waals surface area contributed by atoms with Gasteiger partial charge in [-0.2, -0.15) is 0 Å². The number of nitrogens with one attached hydrogen (secondary N) is 1. The Morgan fingerprint density at radius 3 is 2.88 bits per heavy atom. The minimum absolute atomic E-state index is 0.0598. The number of thiocarbonyl (C=S) groups is 1. The molecule has 0 spiro atoms. The van der Waals surface area contributed by atoms with Crippen LogP contribution in [0, 0.1) is 0 Å². The molecule has 0 amide bonds. The summed E-state index contributed by atoms with van der Waals surface area (Å²) >= 11 is 9.25. The molecule has 1 aliphatic rings. The SMILES string of the molecule is S=C(Nc1cccc(Br)c1)N1CCn2cccc2[C@@H]1c1cccnc1. The summed E-state index contributed by atoms with van der Waals surface area (Å²) in [4.78, 5) is 6.54. The van der Waals surface area contributed by atoms with Crippen LogP contribution in [0.2, 0.25) is 0 Å². The van der Waals surface area contributed by atoms with Crippen LogP contribution < -0.4 is 5.32 Å². The van der Waals surface area contributed by atoms with Crippen LogP contribution in [0.4, 0.5) is 5.69 Å². The number of aromatic nitrogens is 2. The van der Waals surface area contributed by atoms with Gasteiger partial charge in [0.15, 0.2) is 5.11 Å². The van der Waals surface area contributed by atoms with Crippen molar-refractivity contribution in [3.63, 3.8) is 0 Å². The van der Waals surface area contributed by atoms with Crippen molar-refractivity contribution in [3.8, 4) is 0 Å². The predicted molar refractivity (Wildman–Crippen MR) is 108 cm³/mol. The first-order valence-corrected chi connectivity index (χ1v) is 9.30. The van der Waals surface area contributed by atoms with Crippen LogP contribution in [0.1, 0.15) is 17.3 Å². The molecule has 3 heterocycles. The smallest absolute Gasteiger partial charge is 0.174 e. The monoisotopic (exact) mass is 412 g/mol. The van der Waals surface area contributed by atoms with Gasteiger partial charge in [-0.05, 0) is 54.2 Å². The summed E-state index contributed by atoms with van der Waals surface area (Å²) in [5, 5.41) is 4.09. The molecule has 6 heteroatoms. The van der Waals surface area contributed by atoms with E-state index in [1.807, 2.05) is 36.5 Å². The highest BCUT2D eigenvalue weighted by atomic mass is 79.9. The van der Waals surface area contributed by atoms with Gasteiger partial charge in [0.1, 0.15) is 0 Å². The third-order valence-corrected chi connectivity index (χ3v) is 5.20. The predicted octanol–water partition coefficient (Wildman–Crippen LogP) is 4.45. The highest BCUT2D eigenvalue weighted by molar-refractivity contribution is 9.10. The summed E-state index contributed by atoms with van der Waals surface area (Å²) in [6, 6.07) is 16.4. The first kappa shape index (κ1) is 16.3. The number of hydrogen-bond donors (Lipinski definition) is 1.